The van der Waals surface area contributed by atoms with Crippen LogP contribution in [0.15, 0.2) is 34.8 Å². The van der Waals surface area contributed by atoms with Crippen LogP contribution in [0.4, 0.5) is 0 Å². The van der Waals surface area contributed by atoms with Crippen LogP contribution >= 0.6 is 27.5 Å². The van der Waals surface area contributed by atoms with Crippen molar-refractivity contribution < 1.29 is 14.3 Å². The summed E-state index contributed by atoms with van der Waals surface area (Å²) in [4.78, 5) is 12.7. The second kappa shape index (κ2) is 6.50. The van der Waals surface area contributed by atoms with Gasteiger partial charge in [0.1, 0.15) is 11.5 Å². The van der Waals surface area contributed by atoms with Gasteiger partial charge in [0.15, 0.2) is 5.78 Å². The first-order valence-electron chi connectivity index (χ1n) is 6.20. The number of hydrogen-bond acceptors (Lipinski definition) is 3. The molecule has 0 radical (unpaired) electrons. The first-order valence-corrected chi connectivity index (χ1v) is 7.37. The number of ether oxygens (including phenoxy) is 2. The van der Waals surface area contributed by atoms with Gasteiger partial charge in [0.05, 0.1) is 29.3 Å². The molecular formula is C16H14BrClO3. The minimum atomic E-state index is -0.206. The van der Waals surface area contributed by atoms with Crippen LogP contribution in [-0.4, -0.2) is 20.0 Å². The summed E-state index contributed by atoms with van der Waals surface area (Å²) < 4.78 is 11.2. The number of carbonyl (C=O) groups is 1. The van der Waals surface area contributed by atoms with Gasteiger partial charge >= 0.3 is 0 Å². The van der Waals surface area contributed by atoms with Crippen LogP contribution in [0.3, 0.4) is 0 Å². The zero-order valence-corrected chi connectivity index (χ0v) is 14.2. The SMILES string of the molecule is COc1cc(C(=O)c2ccc(C)cc2Cl)c(OC)cc1Br. The van der Waals surface area contributed by atoms with Crippen LogP contribution in [0.1, 0.15) is 21.5 Å². The molecule has 110 valence electrons. The Morgan fingerprint density at radius 2 is 1.71 bits per heavy atom. The van der Waals surface area contributed by atoms with E-state index in [1.54, 1.807) is 31.4 Å². The van der Waals surface area contributed by atoms with E-state index in [9.17, 15) is 4.79 Å². The lowest BCUT2D eigenvalue weighted by molar-refractivity contribution is 0.103. The van der Waals surface area contributed by atoms with Crippen molar-refractivity contribution in [1.29, 1.82) is 0 Å². The zero-order valence-electron chi connectivity index (χ0n) is 11.9. The molecule has 0 atom stereocenters. The Morgan fingerprint density at radius 1 is 1.05 bits per heavy atom. The highest BCUT2D eigenvalue weighted by atomic mass is 79.9. The number of halogens is 2. The molecule has 0 aromatic heterocycles. The van der Waals surface area contributed by atoms with E-state index < -0.39 is 0 Å². The summed E-state index contributed by atoms with van der Waals surface area (Å²) in [6.07, 6.45) is 0. The van der Waals surface area contributed by atoms with E-state index in [0.717, 1.165) is 5.56 Å². The van der Waals surface area contributed by atoms with Crippen molar-refractivity contribution in [3.63, 3.8) is 0 Å². The predicted molar refractivity (Wildman–Crippen MR) is 86.9 cm³/mol. The molecule has 0 saturated heterocycles. The van der Waals surface area contributed by atoms with Crippen LogP contribution < -0.4 is 9.47 Å². The van der Waals surface area contributed by atoms with Crippen molar-refractivity contribution in [1.82, 2.24) is 0 Å². The molecular weight excluding hydrogens is 356 g/mol. The maximum absolute atomic E-state index is 12.7. The standard InChI is InChI=1S/C16H14BrClO3/c1-9-4-5-10(13(18)6-9)16(19)11-7-15(21-3)12(17)8-14(11)20-2/h4-8H,1-3H3. The molecule has 0 N–H and O–H groups in total. The summed E-state index contributed by atoms with van der Waals surface area (Å²) in [5.74, 6) is 0.814. The van der Waals surface area contributed by atoms with Gasteiger partial charge in [-0.2, -0.15) is 0 Å². The highest BCUT2D eigenvalue weighted by Gasteiger charge is 2.19. The maximum Gasteiger partial charge on any atom is 0.198 e. The van der Waals surface area contributed by atoms with E-state index in [2.05, 4.69) is 15.9 Å². The number of rotatable bonds is 4. The summed E-state index contributed by atoms with van der Waals surface area (Å²) in [7, 11) is 3.06. The van der Waals surface area contributed by atoms with Crippen molar-refractivity contribution >= 4 is 33.3 Å². The van der Waals surface area contributed by atoms with Gasteiger partial charge in [-0.1, -0.05) is 17.7 Å². The highest BCUT2D eigenvalue weighted by molar-refractivity contribution is 9.10. The van der Waals surface area contributed by atoms with Gasteiger partial charge in [-0.3, -0.25) is 4.79 Å². The summed E-state index contributed by atoms with van der Waals surface area (Å²) in [6.45, 7) is 1.92. The smallest absolute Gasteiger partial charge is 0.198 e. The van der Waals surface area contributed by atoms with Crippen LogP contribution in [0.5, 0.6) is 11.5 Å². The van der Waals surface area contributed by atoms with Crippen LogP contribution in [0.25, 0.3) is 0 Å². The van der Waals surface area contributed by atoms with E-state index in [-0.39, 0.29) is 5.78 Å². The first kappa shape index (κ1) is 15.9. The third kappa shape index (κ3) is 3.22. The quantitative estimate of drug-likeness (QED) is 0.735. The van der Waals surface area contributed by atoms with Gasteiger partial charge in [-0.15, -0.1) is 0 Å². The second-order valence-corrected chi connectivity index (χ2v) is 5.76. The maximum atomic E-state index is 12.7. The number of methoxy groups -OCH3 is 2. The van der Waals surface area contributed by atoms with Crippen molar-refractivity contribution in [2.75, 3.05) is 14.2 Å². The van der Waals surface area contributed by atoms with E-state index >= 15 is 0 Å². The van der Waals surface area contributed by atoms with Crippen molar-refractivity contribution in [3.05, 3.63) is 56.5 Å². The predicted octanol–water partition coefficient (Wildman–Crippen LogP) is 4.66. The Kier molecular flexibility index (Phi) is 4.91. The lowest BCUT2D eigenvalue weighted by Crippen LogP contribution is -2.06. The molecule has 0 saturated carbocycles. The molecule has 2 rings (SSSR count). The summed E-state index contributed by atoms with van der Waals surface area (Å²) in [6, 6.07) is 8.67. The largest absolute Gasteiger partial charge is 0.496 e. The lowest BCUT2D eigenvalue weighted by atomic mass is 10.0. The average Bonchev–Trinajstić information content (AvgIpc) is 2.46. The lowest BCUT2D eigenvalue weighted by Gasteiger charge is -2.12. The number of aryl methyl sites for hydroxylation is 1. The molecule has 0 fully saturated rings. The highest BCUT2D eigenvalue weighted by Crippen LogP contribution is 2.34. The minimum absolute atomic E-state index is 0.206. The van der Waals surface area contributed by atoms with Crippen molar-refractivity contribution in [3.8, 4) is 11.5 Å². The summed E-state index contributed by atoms with van der Waals surface area (Å²) >= 11 is 9.54. The molecule has 0 heterocycles. The summed E-state index contributed by atoms with van der Waals surface area (Å²) in [5, 5.41) is 0.420. The molecule has 2 aromatic rings. The van der Waals surface area contributed by atoms with Crippen molar-refractivity contribution in [2.24, 2.45) is 0 Å². The number of ketones is 1. The fourth-order valence-corrected chi connectivity index (χ4v) is 2.79. The average molecular weight is 370 g/mol. The molecule has 0 aliphatic heterocycles. The minimum Gasteiger partial charge on any atom is -0.496 e. The Hall–Kier alpha value is -1.52. The molecule has 21 heavy (non-hydrogen) atoms. The van der Waals surface area contributed by atoms with Gasteiger partial charge in [0, 0.05) is 5.56 Å². The molecule has 0 unspecified atom stereocenters. The molecule has 2 aromatic carbocycles. The first-order chi connectivity index (χ1) is 9.97. The molecule has 5 heteroatoms. The Morgan fingerprint density at radius 3 is 2.29 bits per heavy atom. The van der Waals surface area contributed by atoms with Gasteiger partial charge < -0.3 is 9.47 Å². The molecule has 0 spiro atoms. The van der Waals surface area contributed by atoms with Crippen LogP contribution in [0, 0.1) is 6.92 Å². The molecule has 0 aliphatic rings. The normalized spacial score (nSPS) is 10.3. The number of benzene rings is 2. The van der Waals surface area contributed by atoms with Gasteiger partial charge in [0.25, 0.3) is 0 Å². The van der Waals surface area contributed by atoms with E-state index in [1.807, 2.05) is 13.0 Å². The van der Waals surface area contributed by atoms with Gasteiger partial charge in [-0.05, 0) is 52.7 Å². The van der Waals surface area contributed by atoms with Crippen LogP contribution in [-0.2, 0) is 0 Å². The monoisotopic (exact) mass is 368 g/mol. The molecule has 0 aliphatic carbocycles. The third-order valence-electron chi connectivity index (χ3n) is 3.09. The third-order valence-corrected chi connectivity index (χ3v) is 4.02. The number of hydrogen-bond donors (Lipinski definition) is 0. The van der Waals surface area contributed by atoms with E-state index in [4.69, 9.17) is 21.1 Å². The Balaban J connectivity index is 2.56. The summed E-state index contributed by atoms with van der Waals surface area (Å²) in [5.41, 5.74) is 1.84. The van der Waals surface area contributed by atoms with Crippen molar-refractivity contribution in [2.45, 2.75) is 6.92 Å². The Bertz CT molecular complexity index is 698. The second-order valence-electron chi connectivity index (χ2n) is 4.50. The molecule has 0 amide bonds. The Labute approximate surface area is 137 Å². The zero-order chi connectivity index (χ0) is 15.6. The topological polar surface area (TPSA) is 35.5 Å². The molecule has 3 nitrogen and oxygen atoms in total. The molecule has 0 bridgehead atoms. The van der Waals surface area contributed by atoms with Gasteiger partial charge in [0.2, 0.25) is 0 Å². The van der Waals surface area contributed by atoms with Crippen LogP contribution in [0.2, 0.25) is 5.02 Å². The van der Waals surface area contributed by atoms with E-state index in [1.165, 1.54) is 7.11 Å². The number of carbonyl (C=O) groups excluding carboxylic acids is 1. The fourth-order valence-electron chi connectivity index (χ4n) is 1.99. The van der Waals surface area contributed by atoms with E-state index in [0.29, 0.717) is 32.1 Å². The fraction of sp³-hybridized carbons (Fsp3) is 0.188. The van der Waals surface area contributed by atoms with Gasteiger partial charge in [-0.25, -0.2) is 0 Å².